The minimum atomic E-state index is -4.93. The molecule has 0 radical (unpaired) electrons. The van der Waals surface area contributed by atoms with E-state index in [1.807, 2.05) is 18.2 Å². The molecular formula is C22H22F3N3O3. The summed E-state index contributed by atoms with van der Waals surface area (Å²) in [5, 5.41) is 3.62. The summed E-state index contributed by atoms with van der Waals surface area (Å²) in [7, 11) is 1.56. The van der Waals surface area contributed by atoms with E-state index in [-0.39, 0.29) is 25.4 Å². The molecule has 164 valence electrons. The molecule has 6 nitrogen and oxygen atoms in total. The van der Waals surface area contributed by atoms with Crippen molar-refractivity contribution in [3.63, 3.8) is 0 Å². The number of ether oxygens (including phenoxy) is 1. The van der Waals surface area contributed by atoms with Crippen LogP contribution in [0.3, 0.4) is 0 Å². The Kier molecular flexibility index (Phi) is 6.53. The zero-order valence-corrected chi connectivity index (χ0v) is 17.0. The quantitative estimate of drug-likeness (QED) is 0.585. The number of anilines is 1. The van der Waals surface area contributed by atoms with Crippen molar-refractivity contribution in [3.8, 4) is 5.75 Å². The van der Waals surface area contributed by atoms with E-state index < -0.39 is 12.1 Å². The minimum Gasteiger partial charge on any atom is -0.497 e. The van der Waals surface area contributed by atoms with Gasteiger partial charge < -0.3 is 19.9 Å². The number of alkyl halides is 3. The number of fused-ring (bicyclic) bond motifs is 1. The highest BCUT2D eigenvalue weighted by atomic mass is 19.4. The van der Waals surface area contributed by atoms with Crippen LogP contribution in [0.1, 0.15) is 18.1 Å². The molecule has 0 saturated carbocycles. The average molecular weight is 433 g/mol. The van der Waals surface area contributed by atoms with Gasteiger partial charge in [0.15, 0.2) is 0 Å². The molecule has 3 aromatic rings. The molecule has 0 spiro atoms. The van der Waals surface area contributed by atoms with Crippen LogP contribution in [0.15, 0.2) is 48.7 Å². The van der Waals surface area contributed by atoms with Crippen molar-refractivity contribution >= 4 is 28.4 Å². The zero-order chi connectivity index (χ0) is 22.6. The summed E-state index contributed by atoms with van der Waals surface area (Å²) < 4.78 is 43.4. The maximum atomic E-state index is 12.7. The van der Waals surface area contributed by atoms with Crippen LogP contribution in [-0.2, 0) is 22.6 Å². The lowest BCUT2D eigenvalue weighted by Crippen LogP contribution is -2.40. The van der Waals surface area contributed by atoms with Crippen LogP contribution in [0.2, 0.25) is 0 Å². The van der Waals surface area contributed by atoms with E-state index in [0.717, 1.165) is 16.5 Å². The molecule has 0 aliphatic heterocycles. The molecule has 0 bridgehead atoms. The predicted molar refractivity (Wildman–Crippen MR) is 111 cm³/mol. The fourth-order valence-electron chi connectivity index (χ4n) is 3.28. The van der Waals surface area contributed by atoms with E-state index >= 15 is 0 Å². The van der Waals surface area contributed by atoms with E-state index in [1.165, 1.54) is 6.92 Å². The molecule has 0 aliphatic rings. The maximum Gasteiger partial charge on any atom is 0.471 e. The van der Waals surface area contributed by atoms with E-state index in [0.29, 0.717) is 21.9 Å². The van der Waals surface area contributed by atoms with Crippen LogP contribution in [0.4, 0.5) is 18.9 Å². The number of amides is 2. The van der Waals surface area contributed by atoms with Crippen LogP contribution >= 0.6 is 0 Å². The monoisotopic (exact) mass is 433 g/mol. The minimum absolute atomic E-state index is 0.0844. The number of benzene rings is 2. The summed E-state index contributed by atoms with van der Waals surface area (Å²) in [6, 6.07) is 11.9. The number of rotatable bonds is 7. The Bertz CT molecular complexity index is 1090. The molecule has 31 heavy (non-hydrogen) atoms. The lowest BCUT2D eigenvalue weighted by atomic mass is 10.1. The molecule has 0 atom stereocenters. The van der Waals surface area contributed by atoms with E-state index in [1.54, 1.807) is 37.6 Å². The van der Waals surface area contributed by atoms with Gasteiger partial charge in [-0.15, -0.1) is 0 Å². The van der Waals surface area contributed by atoms with Crippen LogP contribution < -0.4 is 10.1 Å². The molecule has 0 fully saturated rings. The fourth-order valence-corrected chi connectivity index (χ4v) is 3.28. The first-order valence-electron chi connectivity index (χ1n) is 9.60. The van der Waals surface area contributed by atoms with Crippen molar-refractivity contribution in [2.45, 2.75) is 26.1 Å². The Morgan fingerprint density at radius 3 is 2.61 bits per heavy atom. The summed E-state index contributed by atoms with van der Waals surface area (Å²) in [5.41, 5.74) is 2.58. The standard InChI is InChI=1S/C22H22F3N3O3/c1-3-28(21(30)22(23,24)25)13-14-5-4-6-16(9-14)27-20(29)10-15-12-26-19-8-7-17(31-2)11-18(15)19/h4-9,11-12,26H,3,10,13H2,1-2H3,(H,27,29). The summed E-state index contributed by atoms with van der Waals surface area (Å²) in [4.78, 5) is 27.9. The van der Waals surface area contributed by atoms with Crippen molar-refractivity contribution < 1.29 is 27.5 Å². The van der Waals surface area contributed by atoms with Gasteiger partial charge >= 0.3 is 12.1 Å². The number of nitrogens with zero attached hydrogens (tertiary/aromatic N) is 1. The van der Waals surface area contributed by atoms with Gasteiger partial charge in [0.25, 0.3) is 0 Å². The highest BCUT2D eigenvalue weighted by Gasteiger charge is 2.41. The molecule has 2 aromatic carbocycles. The average Bonchev–Trinajstić information content (AvgIpc) is 3.12. The number of nitrogens with one attached hydrogen (secondary N) is 2. The maximum absolute atomic E-state index is 12.7. The first-order valence-corrected chi connectivity index (χ1v) is 9.60. The normalized spacial score (nSPS) is 11.4. The summed E-state index contributed by atoms with van der Waals surface area (Å²) in [6.07, 6.45) is -3.07. The molecule has 0 saturated heterocycles. The first kappa shape index (κ1) is 22.2. The molecule has 9 heteroatoms. The highest BCUT2D eigenvalue weighted by molar-refractivity contribution is 5.96. The number of halogens is 3. The Hall–Kier alpha value is -3.49. The molecular weight excluding hydrogens is 411 g/mol. The van der Waals surface area contributed by atoms with E-state index in [9.17, 15) is 22.8 Å². The Morgan fingerprint density at radius 1 is 1.16 bits per heavy atom. The topological polar surface area (TPSA) is 74.4 Å². The number of hydrogen-bond donors (Lipinski definition) is 2. The number of aromatic nitrogens is 1. The summed E-state index contributed by atoms with van der Waals surface area (Å²) in [5.74, 6) is -1.49. The third kappa shape index (κ3) is 5.36. The van der Waals surface area contributed by atoms with Crippen LogP contribution in [0.5, 0.6) is 5.75 Å². The molecule has 2 amide bonds. The van der Waals surface area contributed by atoms with Crippen LogP contribution in [-0.4, -0.2) is 41.5 Å². The van der Waals surface area contributed by atoms with Gasteiger partial charge in [0.05, 0.1) is 13.5 Å². The molecule has 3 rings (SSSR count). The third-order valence-corrected chi connectivity index (χ3v) is 4.82. The Morgan fingerprint density at radius 2 is 1.94 bits per heavy atom. The van der Waals surface area contributed by atoms with Gasteiger partial charge in [0.2, 0.25) is 5.91 Å². The molecule has 1 heterocycles. The van der Waals surface area contributed by atoms with Crippen LogP contribution in [0.25, 0.3) is 10.9 Å². The van der Waals surface area contributed by atoms with E-state index in [2.05, 4.69) is 10.3 Å². The van der Waals surface area contributed by atoms with Gasteiger partial charge in [-0.25, -0.2) is 0 Å². The number of hydrogen-bond acceptors (Lipinski definition) is 3. The largest absolute Gasteiger partial charge is 0.497 e. The van der Waals surface area contributed by atoms with E-state index in [4.69, 9.17) is 4.74 Å². The molecule has 0 unspecified atom stereocenters. The van der Waals surface area contributed by atoms with Gasteiger partial charge in [0, 0.05) is 35.9 Å². The highest BCUT2D eigenvalue weighted by Crippen LogP contribution is 2.25. The predicted octanol–water partition coefficient (Wildman–Crippen LogP) is 4.27. The van der Waals surface area contributed by atoms with Gasteiger partial charge in [0.1, 0.15) is 5.75 Å². The summed E-state index contributed by atoms with van der Waals surface area (Å²) in [6.45, 7) is 1.19. The van der Waals surface area contributed by atoms with Crippen molar-refractivity contribution in [1.29, 1.82) is 0 Å². The van der Waals surface area contributed by atoms with Gasteiger partial charge in [-0.2, -0.15) is 13.2 Å². The fraction of sp³-hybridized carbons (Fsp3) is 0.273. The van der Waals surface area contributed by atoms with Crippen LogP contribution in [0, 0.1) is 0 Å². The lowest BCUT2D eigenvalue weighted by molar-refractivity contribution is -0.185. The number of carbonyl (C=O) groups is 2. The van der Waals surface area contributed by atoms with Crippen molar-refractivity contribution in [3.05, 3.63) is 59.8 Å². The molecule has 2 N–H and O–H groups in total. The number of methoxy groups -OCH3 is 1. The summed E-state index contributed by atoms with van der Waals surface area (Å²) >= 11 is 0. The zero-order valence-electron chi connectivity index (χ0n) is 17.0. The Balaban J connectivity index is 1.69. The smallest absolute Gasteiger partial charge is 0.471 e. The number of aromatic amines is 1. The number of H-pyrrole nitrogens is 1. The van der Waals surface area contributed by atoms with Gasteiger partial charge in [-0.1, -0.05) is 12.1 Å². The van der Waals surface area contributed by atoms with Gasteiger partial charge in [-0.3, -0.25) is 9.59 Å². The van der Waals surface area contributed by atoms with Crippen molar-refractivity contribution in [2.24, 2.45) is 0 Å². The first-order chi connectivity index (χ1) is 14.7. The second-order valence-corrected chi connectivity index (χ2v) is 6.97. The SMILES string of the molecule is CCN(Cc1cccc(NC(=O)Cc2c[nH]c3ccc(OC)cc23)c1)C(=O)C(F)(F)F. The second-order valence-electron chi connectivity index (χ2n) is 6.97. The molecule has 0 aliphatic carbocycles. The Labute approximate surface area is 177 Å². The second kappa shape index (κ2) is 9.11. The van der Waals surface area contributed by atoms with Crippen molar-refractivity contribution in [2.75, 3.05) is 19.0 Å². The third-order valence-electron chi connectivity index (χ3n) is 4.82. The van der Waals surface area contributed by atoms with Gasteiger partial charge in [-0.05, 0) is 48.4 Å². The van der Waals surface area contributed by atoms with Crippen molar-refractivity contribution in [1.82, 2.24) is 9.88 Å². The molecule has 1 aromatic heterocycles. The lowest BCUT2D eigenvalue weighted by Gasteiger charge is -2.22. The number of carbonyl (C=O) groups excluding carboxylic acids is 2.